The van der Waals surface area contributed by atoms with Gasteiger partial charge in [0.15, 0.2) is 0 Å². The summed E-state index contributed by atoms with van der Waals surface area (Å²) in [6.45, 7) is 5.73. The summed E-state index contributed by atoms with van der Waals surface area (Å²) in [4.78, 5) is 0. The number of hydrogen-bond donors (Lipinski definition) is 1. The number of aliphatic hydroxyl groups is 1. The van der Waals surface area contributed by atoms with Crippen molar-refractivity contribution in [3.63, 3.8) is 0 Å². The van der Waals surface area contributed by atoms with Gasteiger partial charge in [0.2, 0.25) is 0 Å². The molecule has 104 valence electrons. The van der Waals surface area contributed by atoms with Crippen molar-refractivity contribution < 1.29 is 9.50 Å². The lowest BCUT2D eigenvalue weighted by Crippen LogP contribution is -2.21. The van der Waals surface area contributed by atoms with E-state index in [4.69, 9.17) is 0 Å². The number of benzene rings is 1. The minimum atomic E-state index is -0.964. The second kappa shape index (κ2) is 7.31. The Bertz CT molecular complexity index is 466. The highest BCUT2D eigenvalue weighted by atomic mass is 19.1. The van der Waals surface area contributed by atoms with E-state index in [0.29, 0.717) is 6.42 Å². The summed E-state index contributed by atoms with van der Waals surface area (Å²) < 4.78 is 13.0. The smallest absolute Gasteiger partial charge is 0.123 e. The Morgan fingerprint density at radius 3 is 2.63 bits per heavy atom. The van der Waals surface area contributed by atoms with Crippen molar-refractivity contribution >= 4 is 0 Å². The fourth-order valence-corrected chi connectivity index (χ4v) is 1.93. The first-order chi connectivity index (χ1) is 8.94. The fourth-order valence-electron chi connectivity index (χ4n) is 1.93. The highest BCUT2D eigenvalue weighted by Gasteiger charge is 2.15. The monoisotopic (exact) mass is 262 g/mol. The molecule has 0 saturated heterocycles. The summed E-state index contributed by atoms with van der Waals surface area (Å²) in [6, 6.07) is 4.51. The van der Waals surface area contributed by atoms with Crippen LogP contribution in [0.1, 0.15) is 57.1 Å². The fraction of sp³-hybridized carbons (Fsp3) is 0.529. The topological polar surface area (TPSA) is 20.2 Å². The number of rotatable bonds is 5. The lowest BCUT2D eigenvalue weighted by molar-refractivity contribution is 0.109. The molecule has 0 fully saturated rings. The van der Waals surface area contributed by atoms with E-state index in [9.17, 15) is 9.50 Å². The first-order valence-electron chi connectivity index (χ1n) is 6.96. The van der Waals surface area contributed by atoms with Crippen molar-refractivity contribution in [2.24, 2.45) is 0 Å². The SMILES string of the molecule is CCCCCCC(C)(O)C#Cc1ccc(F)cc1C. The highest BCUT2D eigenvalue weighted by molar-refractivity contribution is 5.42. The lowest BCUT2D eigenvalue weighted by atomic mass is 9.97. The van der Waals surface area contributed by atoms with Gasteiger partial charge in [0.05, 0.1) is 0 Å². The van der Waals surface area contributed by atoms with Crippen LogP contribution in [0.3, 0.4) is 0 Å². The van der Waals surface area contributed by atoms with Crippen LogP contribution < -0.4 is 0 Å². The largest absolute Gasteiger partial charge is 0.378 e. The minimum absolute atomic E-state index is 0.255. The van der Waals surface area contributed by atoms with Crippen LogP contribution in [0.2, 0.25) is 0 Å². The molecule has 0 spiro atoms. The summed E-state index contributed by atoms with van der Waals surface area (Å²) in [5.41, 5.74) is 0.610. The first-order valence-corrected chi connectivity index (χ1v) is 6.96. The Labute approximate surface area is 115 Å². The zero-order chi connectivity index (χ0) is 14.3. The second-order valence-corrected chi connectivity index (χ2v) is 5.29. The molecule has 0 heterocycles. The summed E-state index contributed by atoms with van der Waals surface area (Å²) in [5, 5.41) is 10.2. The van der Waals surface area contributed by atoms with E-state index >= 15 is 0 Å². The van der Waals surface area contributed by atoms with Gasteiger partial charge in [-0.1, -0.05) is 38.0 Å². The van der Waals surface area contributed by atoms with Gasteiger partial charge in [0.25, 0.3) is 0 Å². The summed E-state index contributed by atoms with van der Waals surface area (Å²) in [7, 11) is 0. The van der Waals surface area contributed by atoms with Gasteiger partial charge in [-0.25, -0.2) is 4.39 Å². The molecule has 19 heavy (non-hydrogen) atoms. The van der Waals surface area contributed by atoms with Gasteiger partial charge in [-0.2, -0.15) is 0 Å². The Hall–Kier alpha value is -1.33. The van der Waals surface area contributed by atoms with Crippen LogP contribution in [-0.2, 0) is 0 Å². The van der Waals surface area contributed by atoms with Crippen molar-refractivity contribution in [1.29, 1.82) is 0 Å². The van der Waals surface area contributed by atoms with Crippen LogP contribution in [0.25, 0.3) is 0 Å². The maximum atomic E-state index is 13.0. The molecule has 2 heteroatoms. The molecule has 1 aromatic rings. The third-order valence-corrected chi connectivity index (χ3v) is 3.17. The lowest BCUT2D eigenvalue weighted by Gasteiger charge is -2.15. The molecule has 0 saturated carbocycles. The van der Waals surface area contributed by atoms with E-state index in [1.54, 1.807) is 13.0 Å². The van der Waals surface area contributed by atoms with Crippen molar-refractivity contribution in [2.75, 3.05) is 0 Å². The Balaban J connectivity index is 2.64. The van der Waals surface area contributed by atoms with Gasteiger partial charge in [0, 0.05) is 5.56 Å². The molecule has 0 aliphatic heterocycles. The molecule has 0 aliphatic carbocycles. The third-order valence-electron chi connectivity index (χ3n) is 3.17. The summed E-state index contributed by atoms with van der Waals surface area (Å²) in [6.07, 6.45) is 5.17. The number of hydrogen-bond acceptors (Lipinski definition) is 1. The van der Waals surface area contributed by atoms with E-state index in [1.807, 2.05) is 6.92 Å². The minimum Gasteiger partial charge on any atom is -0.378 e. The Morgan fingerprint density at radius 2 is 2.00 bits per heavy atom. The van der Waals surface area contributed by atoms with Crippen molar-refractivity contribution in [3.05, 3.63) is 35.1 Å². The standard InChI is InChI=1S/C17H23FO/c1-4-5-6-7-11-17(3,19)12-10-15-8-9-16(18)13-14(15)2/h8-9,13,19H,4-7,11H2,1-3H3. The van der Waals surface area contributed by atoms with Crippen LogP contribution in [0.4, 0.5) is 4.39 Å². The van der Waals surface area contributed by atoms with Crippen LogP contribution in [-0.4, -0.2) is 10.7 Å². The molecule has 0 aliphatic rings. The maximum absolute atomic E-state index is 13.0. The quantitative estimate of drug-likeness (QED) is 0.622. The van der Waals surface area contributed by atoms with Gasteiger partial charge in [-0.15, -0.1) is 0 Å². The van der Waals surface area contributed by atoms with Crippen LogP contribution in [0.15, 0.2) is 18.2 Å². The summed E-state index contributed by atoms with van der Waals surface area (Å²) in [5.74, 6) is 5.60. The number of aryl methyl sites for hydroxylation is 1. The highest BCUT2D eigenvalue weighted by Crippen LogP contribution is 2.15. The third kappa shape index (κ3) is 5.89. The Morgan fingerprint density at radius 1 is 1.26 bits per heavy atom. The molecule has 1 atom stereocenters. The van der Waals surface area contributed by atoms with Crippen LogP contribution in [0.5, 0.6) is 0 Å². The average Bonchev–Trinajstić information content (AvgIpc) is 2.34. The normalized spacial score (nSPS) is 13.5. The molecule has 0 radical (unpaired) electrons. The molecule has 1 rings (SSSR count). The molecular formula is C17H23FO. The van der Waals surface area contributed by atoms with Gasteiger partial charge in [-0.05, 0) is 50.5 Å². The van der Waals surface area contributed by atoms with Gasteiger partial charge in [0.1, 0.15) is 11.4 Å². The zero-order valence-corrected chi connectivity index (χ0v) is 12.1. The maximum Gasteiger partial charge on any atom is 0.123 e. The van der Waals surface area contributed by atoms with Gasteiger partial charge in [-0.3, -0.25) is 0 Å². The molecule has 0 amide bonds. The van der Waals surface area contributed by atoms with Crippen molar-refractivity contribution in [3.8, 4) is 11.8 Å². The van der Waals surface area contributed by atoms with E-state index in [1.165, 1.54) is 25.0 Å². The average molecular weight is 262 g/mol. The van der Waals surface area contributed by atoms with E-state index in [2.05, 4.69) is 18.8 Å². The Kier molecular flexibility index (Phi) is 6.05. The number of halogens is 1. The van der Waals surface area contributed by atoms with E-state index in [0.717, 1.165) is 24.0 Å². The van der Waals surface area contributed by atoms with Gasteiger partial charge < -0.3 is 5.11 Å². The molecule has 1 N–H and O–H groups in total. The predicted octanol–water partition coefficient (Wildman–Crippen LogP) is 4.21. The van der Waals surface area contributed by atoms with Crippen LogP contribution >= 0.6 is 0 Å². The second-order valence-electron chi connectivity index (χ2n) is 5.29. The molecule has 1 aromatic carbocycles. The molecular weight excluding hydrogens is 239 g/mol. The van der Waals surface area contributed by atoms with E-state index in [-0.39, 0.29) is 5.82 Å². The van der Waals surface area contributed by atoms with E-state index < -0.39 is 5.60 Å². The van der Waals surface area contributed by atoms with Crippen molar-refractivity contribution in [2.45, 2.75) is 58.5 Å². The molecule has 1 unspecified atom stereocenters. The molecule has 0 aromatic heterocycles. The van der Waals surface area contributed by atoms with Crippen molar-refractivity contribution in [1.82, 2.24) is 0 Å². The predicted molar refractivity (Wildman–Crippen MR) is 77.4 cm³/mol. The molecule has 0 bridgehead atoms. The van der Waals surface area contributed by atoms with Gasteiger partial charge >= 0.3 is 0 Å². The molecule has 1 nitrogen and oxygen atoms in total. The first kappa shape index (κ1) is 15.7. The number of unbranched alkanes of at least 4 members (excludes halogenated alkanes) is 3. The summed E-state index contributed by atoms with van der Waals surface area (Å²) >= 11 is 0. The van der Waals surface area contributed by atoms with Crippen LogP contribution in [0, 0.1) is 24.6 Å². The zero-order valence-electron chi connectivity index (χ0n) is 12.1.